The molecule has 6 nitrogen and oxygen atoms in total. The maximum absolute atomic E-state index is 12.5. The first-order chi connectivity index (χ1) is 13.6. The number of fused-ring (bicyclic) bond motifs is 1. The van der Waals surface area contributed by atoms with Gasteiger partial charge in [0, 0.05) is 11.4 Å². The van der Waals surface area contributed by atoms with Crippen molar-refractivity contribution in [2.75, 3.05) is 5.75 Å². The Hall–Kier alpha value is -2.28. The molecule has 1 aromatic carbocycles. The Kier molecular flexibility index (Phi) is 5.71. The summed E-state index contributed by atoms with van der Waals surface area (Å²) in [5, 5.41) is 13.5. The first-order valence-corrected chi connectivity index (χ1v) is 10.9. The van der Waals surface area contributed by atoms with Gasteiger partial charge in [0.1, 0.15) is 17.2 Å². The Morgan fingerprint density at radius 2 is 2.07 bits per heavy atom. The number of amides is 1. The maximum Gasteiger partial charge on any atom is 0.231 e. The molecule has 0 bridgehead atoms. The minimum atomic E-state index is -0.182. The lowest BCUT2D eigenvalue weighted by atomic mass is 9.95. The topological polar surface area (TPSA) is 73.0 Å². The molecular weight excluding hydrogens is 372 g/mol. The summed E-state index contributed by atoms with van der Waals surface area (Å²) in [6, 6.07) is 10.1. The van der Waals surface area contributed by atoms with Crippen LogP contribution in [0.1, 0.15) is 62.7 Å². The van der Waals surface area contributed by atoms with Crippen molar-refractivity contribution < 1.29 is 9.21 Å². The molecule has 3 aromatic rings. The Morgan fingerprint density at radius 3 is 2.86 bits per heavy atom. The second-order valence-electron chi connectivity index (χ2n) is 7.46. The molecule has 4 rings (SSSR count). The van der Waals surface area contributed by atoms with Crippen LogP contribution in [-0.4, -0.2) is 26.4 Å². The molecule has 148 valence electrons. The van der Waals surface area contributed by atoms with E-state index in [1.165, 1.54) is 43.9 Å². The zero-order valence-electron chi connectivity index (χ0n) is 16.4. The average Bonchev–Trinajstić information content (AvgIpc) is 3.30. The fourth-order valence-corrected chi connectivity index (χ4v) is 4.77. The Bertz CT molecular complexity index is 925. The van der Waals surface area contributed by atoms with Crippen molar-refractivity contribution in [3.05, 3.63) is 41.9 Å². The number of hydrogen-bond acceptors (Lipinski definition) is 5. The summed E-state index contributed by atoms with van der Waals surface area (Å²) in [5.41, 5.74) is 0.837. The molecule has 2 aromatic heterocycles. The Balaban J connectivity index is 1.37. The summed E-state index contributed by atoms with van der Waals surface area (Å²) in [7, 11) is 0. The minimum absolute atomic E-state index is 0.0335. The van der Waals surface area contributed by atoms with Crippen molar-refractivity contribution in [2.24, 2.45) is 0 Å². The number of aromatic nitrogens is 3. The number of para-hydroxylation sites is 1. The van der Waals surface area contributed by atoms with Crippen LogP contribution in [0.5, 0.6) is 0 Å². The van der Waals surface area contributed by atoms with E-state index in [0.717, 1.165) is 27.7 Å². The molecule has 1 aliphatic rings. The molecule has 0 aliphatic heterocycles. The van der Waals surface area contributed by atoms with Crippen molar-refractivity contribution in [1.29, 1.82) is 0 Å². The molecule has 1 saturated carbocycles. The summed E-state index contributed by atoms with van der Waals surface area (Å²) in [6.45, 7) is 3.93. The van der Waals surface area contributed by atoms with Crippen LogP contribution in [0.2, 0.25) is 0 Å². The van der Waals surface area contributed by atoms with E-state index in [9.17, 15) is 4.79 Å². The van der Waals surface area contributed by atoms with Crippen LogP contribution >= 0.6 is 11.8 Å². The van der Waals surface area contributed by atoms with E-state index in [4.69, 9.17) is 4.42 Å². The van der Waals surface area contributed by atoms with Gasteiger partial charge in [-0.3, -0.25) is 4.79 Å². The van der Waals surface area contributed by atoms with Crippen LogP contribution in [0.25, 0.3) is 11.0 Å². The van der Waals surface area contributed by atoms with Gasteiger partial charge >= 0.3 is 0 Å². The van der Waals surface area contributed by atoms with Crippen LogP contribution in [0.15, 0.2) is 39.9 Å². The molecule has 1 atom stereocenters. The zero-order chi connectivity index (χ0) is 19.5. The standard InChI is InChI=1S/C21H26N4O2S/c1-14(19-12-16-8-6-7-11-18(16)27-19)22-20(26)13-28-21-24-23-15(2)25(21)17-9-4-3-5-10-17/h6-8,11-12,14,17H,3-5,9-10,13H2,1-2H3,(H,22,26). The van der Waals surface area contributed by atoms with Crippen LogP contribution < -0.4 is 5.32 Å². The third kappa shape index (κ3) is 4.09. The minimum Gasteiger partial charge on any atom is -0.459 e. The molecule has 1 unspecified atom stereocenters. The Morgan fingerprint density at radius 1 is 1.29 bits per heavy atom. The normalized spacial score (nSPS) is 16.4. The average molecular weight is 399 g/mol. The summed E-state index contributed by atoms with van der Waals surface area (Å²) in [5.74, 6) is 1.98. The maximum atomic E-state index is 12.5. The second-order valence-corrected chi connectivity index (χ2v) is 8.40. The van der Waals surface area contributed by atoms with Gasteiger partial charge in [-0.2, -0.15) is 0 Å². The van der Waals surface area contributed by atoms with E-state index >= 15 is 0 Å². The van der Waals surface area contributed by atoms with E-state index in [0.29, 0.717) is 11.8 Å². The van der Waals surface area contributed by atoms with Gasteiger partial charge in [-0.05, 0) is 38.8 Å². The highest BCUT2D eigenvalue weighted by atomic mass is 32.2. The number of hydrogen-bond donors (Lipinski definition) is 1. The van der Waals surface area contributed by atoms with Crippen LogP contribution in [0, 0.1) is 6.92 Å². The van der Waals surface area contributed by atoms with Crippen LogP contribution in [-0.2, 0) is 4.79 Å². The highest BCUT2D eigenvalue weighted by molar-refractivity contribution is 7.99. The largest absolute Gasteiger partial charge is 0.459 e. The fraction of sp³-hybridized carbons (Fsp3) is 0.476. The predicted octanol–water partition coefficient (Wildman–Crippen LogP) is 4.81. The van der Waals surface area contributed by atoms with Gasteiger partial charge in [-0.25, -0.2) is 0 Å². The summed E-state index contributed by atoms with van der Waals surface area (Å²) in [6.07, 6.45) is 6.15. The number of furan rings is 1. The van der Waals surface area contributed by atoms with E-state index in [2.05, 4.69) is 20.1 Å². The lowest BCUT2D eigenvalue weighted by Crippen LogP contribution is -2.28. The molecule has 0 radical (unpaired) electrons. The molecule has 7 heteroatoms. The van der Waals surface area contributed by atoms with Gasteiger partial charge < -0.3 is 14.3 Å². The number of carbonyl (C=O) groups excluding carboxylic acids is 1. The summed E-state index contributed by atoms with van der Waals surface area (Å²) >= 11 is 1.46. The summed E-state index contributed by atoms with van der Waals surface area (Å²) < 4.78 is 8.07. The van der Waals surface area contributed by atoms with Gasteiger partial charge in [0.15, 0.2) is 5.16 Å². The lowest BCUT2D eigenvalue weighted by molar-refractivity contribution is -0.119. The molecule has 1 amide bonds. The van der Waals surface area contributed by atoms with Crippen molar-refractivity contribution in [3.8, 4) is 0 Å². The number of nitrogens with one attached hydrogen (secondary N) is 1. The second kappa shape index (κ2) is 8.39. The molecule has 1 N–H and O–H groups in total. The van der Waals surface area contributed by atoms with Crippen molar-refractivity contribution in [3.63, 3.8) is 0 Å². The molecular formula is C21H26N4O2S. The molecule has 0 spiro atoms. The van der Waals surface area contributed by atoms with Crippen molar-refractivity contribution in [2.45, 2.75) is 63.2 Å². The van der Waals surface area contributed by atoms with Gasteiger partial charge in [0.2, 0.25) is 5.91 Å². The van der Waals surface area contributed by atoms with Gasteiger partial charge in [0.25, 0.3) is 0 Å². The summed E-state index contributed by atoms with van der Waals surface area (Å²) in [4.78, 5) is 12.5. The lowest BCUT2D eigenvalue weighted by Gasteiger charge is -2.25. The molecule has 1 fully saturated rings. The van der Waals surface area contributed by atoms with Crippen molar-refractivity contribution in [1.82, 2.24) is 20.1 Å². The molecule has 2 heterocycles. The zero-order valence-corrected chi connectivity index (χ0v) is 17.2. The number of nitrogens with zero attached hydrogens (tertiary/aromatic N) is 3. The number of aryl methyl sites for hydroxylation is 1. The van der Waals surface area contributed by atoms with E-state index < -0.39 is 0 Å². The van der Waals surface area contributed by atoms with Crippen LogP contribution in [0.4, 0.5) is 0 Å². The van der Waals surface area contributed by atoms with E-state index in [-0.39, 0.29) is 11.9 Å². The number of benzene rings is 1. The highest BCUT2D eigenvalue weighted by Crippen LogP contribution is 2.32. The number of carbonyl (C=O) groups is 1. The molecule has 1 aliphatic carbocycles. The van der Waals surface area contributed by atoms with E-state index in [1.807, 2.05) is 44.2 Å². The molecule has 28 heavy (non-hydrogen) atoms. The SMILES string of the molecule is Cc1nnc(SCC(=O)NC(C)c2cc3ccccc3o2)n1C1CCCCC1. The molecule has 0 saturated heterocycles. The Labute approximate surface area is 169 Å². The van der Waals surface area contributed by atoms with Gasteiger partial charge in [0.05, 0.1) is 11.8 Å². The number of rotatable bonds is 6. The highest BCUT2D eigenvalue weighted by Gasteiger charge is 2.22. The van der Waals surface area contributed by atoms with E-state index in [1.54, 1.807) is 0 Å². The fourth-order valence-electron chi connectivity index (χ4n) is 3.91. The van der Waals surface area contributed by atoms with Gasteiger partial charge in [-0.15, -0.1) is 10.2 Å². The first-order valence-electron chi connectivity index (χ1n) is 9.94. The first kappa shape index (κ1) is 19.1. The van der Waals surface area contributed by atoms with Gasteiger partial charge in [-0.1, -0.05) is 49.2 Å². The third-order valence-corrected chi connectivity index (χ3v) is 6.30. The quantitative estimate of drug-likeness (QED) is 0.603. The number of thioether (sulfide) groups is 1. The smallest absolute Gasteiger partial charge is 0.231 e. The predicted molar refractivity (Wildman–Crippen MR) is 110 cm³/mol. The monoisotopic (exact) mass is 398 g/mol. The third-order valence-electron chi connectivity index (χ3n) is 5.36. The van der Waals surface area contributed by atoms with Crippen LogP contribution in [0.3, 0.4) is 0 Å². The van der Waals surface area contributed by atoms with Crippen molar-refractivity contribution >= 4 is 28.6 Å².